The van der Waals surface area contributed by atoms with Gasteiger partial charge in [0.05, 0.1) is 10.6 Å². The summed E-state index contributed by atoms with van der Waals surface area (Å²) in [5.74, 6) is 0.134. The Morgan fingerprint density at radius 1 is 1.32 bits per heavy atom. The Hall–Kier alpha value is -0.910. The first-order valence-electron chi connectivity index (χ1n) is 8.03. The van der Waals surface area contributed by atoms with Gasteiger partial charge in [-0.05, 0) is 37.3 Å². The van der Waals surface area contributed by atoms with Crippen LogP contribution in [0.3, 0.4) is 0 Å². The van der Waals surface area contributed by atoms with Crippen LogP contribution in [0.4, 0.5) is 0 Å². The number of nitrogens with one attached hydrogen (secondary N) is 2. The van der Waals surface area contributed by atoms with E-state index in [-0.39, 0.29) is 11.8 Å². The molecule has 124 valence electrons. The van der Waals surface area contributed by atoms with Crippen molar-refractivity contribution < 1.29 is 8.42 Å². The molecule has 0 bridgehead atoms. The van der Waals surface area contributed by atoms with E-state index in [1.54, 1.807) is 24.3 Å². The van der Waals surface area contributed by atoms with Gasteiger partial charge in [0.2, 0.25) is 0 Å². The van der Waals surface area contributed by atoms with Crippen LogP contribution < -0.4 is 10.6 Å². The molecule has 1 aliphatic rings. The molecule has 1 heterocycles. The molecule has 5 heteroatoms. The topological polar surface area (TPSA) is 58.2 Å². The predicted molar refractivity (Wildman–Crippen MR) is 90.8 cm³/mol. The molecule has 1 fully saturated rings. The molecule has 1 saturated heterocycles. The molecule has 22 heavy (non-hydrogen) atoms. The first-order chi connectivity index (χ1) is 10.3. The van der Waals surface area contributed by atoms with Crippen LogP contribution in [0.1, 0.15) is 33.6 Å². The largest absolute Gasteiger partial charge is 0.312 e. The minimum absolute atomic E-state index is 0.0538. The van der Waals surface area contributed by atoms with E-state index in [2.05, 4.69) is 24.5 Å². The van der Waals surface area contributed by atoms with Gasteiger partial charge in [-0.1, -0.05) is 32.0 Å². The van der Waals surface area contributed by atoms with Crippen molar-refractivity contribution in [1.29, 1.82) is 0 Å². The Kier molecular flexibility index (Phi) is 5.64. The normalized spacial score (nSPS) is 23.1. The summed E-state index contributed by atoms with van der Waals surface area (Å²) in [5.41, 5.74) is 0.374. The van der Waals surface area contributed by atoms with Crippen molar-refractivity contribution in [1.82, 2.24) is 10.6 Å². The summed E-state index contributed by atoms with van der Waals surface area (Å²) < 4.78 is 24.6. The average Bonchev–Trinajstić information content (AvgIpc) is 2.46. The monoisotopic (exact) mass is 324 g/mol. The fourth-order valence-electron chi connectivity index (χ4n) is 2.81. The molecule has 2 rings (SSSR count). The molecule has 0 amide bonds. The van der Waals surface area contributed by atoms with Gasteiger partial charge in [0, 0.05) is 25.2 Å². The van der Waals surface area contributed by atoms with Gasteiger partial charge < -0.3 is 10.6 Å². The number of sulfone groups is 1. The molecule has 0 spiro atoms. The second kappa shape index (κ2) is 7.11. The van der Waals surface area contributed by atoms with Crippen LogP contribution >= 0.6 is 0 Å². The van der Waals surface area contributed by atoms with E-state index in [4.69, 9.17) is 0 Å². The first kappa shape index (κ1) is 17.4. The zero-order valence-corrected chi connectivity index (χ0v) is 14.6. The minimum atomic E-state index is -3.21. The van der Waals surface area contributed by atoms with Crippen LogP contribution in [0, 0.1) is 5.41 Å². The van der Waals surface area contributed by atoms with Crippen molar-refractivity contribution in [3.05, 3.63) is 30.3 Å². The van der Waals surface area contributed by atoms with Crippen molar-refractivity contribution >= 4 is 9.84 Å². The highest BCUT2D eigenvalue weighted by atomic mass is 32.2. The highest BCUT2D eigenvalue weighted by Gasteiger charge is 2.26. The van der Waals surface area contributed by atoms with Crippen molar-refractivity contribution in [3.63, 3.8) is 0 Å². The lowest BCUT2D eigenvalue weighted by molar-refractivity contribution is 0.218. The van der Waals surface area contributed by atoms with Crippen molar-refractivity contribution in [3.8, 4) is 0 Å². The molecule has 4 nitrogen and oxygen atoms in total. The molecule has 2 N–H and O–H groups in total. The maximum atomic E-state index is 12.3. The number of hydrogen-bond acceptors (Lipinski definition) is 4. The minimum Gasteiger partial charge on any atom is -0.312 e. The van der Waals surface area contributed by atoms with Gasteiger partial charge in [-0.25, -0.2) is 8.42 Å². The third kappa shape index (κ3) is 5.07. The SMILES string of the molecule is CC(CS(=O)(=O)c1ccccc1)NCC1CCC(C)(C)CN1. The van der Waals surface area contributed by atoms with Crippen LogP contribution in [0.5, 0.6) is 0 Å². The number of piperidine rings is 1. The van der Waals surface area contributed by atoms with Crippen LogP contribution in [0.25, 0.3) is 0 Å². The van der Waals surface area contributed by atoms with E-state index >= 15 is 0 Å². The summed E-state index contributed by atoms with van der Waals surface area (Å²) in [4.78, 5) is 0.404. The number of benzene rings is 1. The Labute approximate surface area is 134 Å². The van der Waals surface area contributed by atoms with E-state index in [0.717, 1.165) is 19.5 Å². The standard InChI is InChI=1S/C17H28N2O2S/c1-14(12-22(20,21)16-7-5-4-6-8-16)18-11-15-9-10-17(2,3)13-19-15/h4-8,14-15,18-19H,9-13H2,1-3H3. The lowest BCUT2D eigenvalue weighted by Gasteiger charge is -2.36. The second-order valence-electron chi connectivity index (χ2n) is 7.18. The summed E-state index contributed by atoms with van der Waals surface area (Å²) >= 11 is 0. The molecule has 2 atom stereocenters. The molecule has 0 saturated carbocycles. The predicted octanol–water partition coefficient (Wildman–Crippen LogP) is 2.22. The van der Waals surface area contributed by atoms with Crippen molar-refractivity contribution in [2.45, 2.75) is 50.6 Å². The maximum absolute atomic E-state index is 12.3. The van der Waals surface area contributed by atoms with E-state index < -0.39 is 9.84 Å². The highest BCUT2D eigenvalue weighted by Crippen LogP contribution is 2.26. The zero-order chi connectivity index (χ0) is 16.2. The molecule has 0 aromatic heterocycles. The third-order valence-corrected chi connectivity index (χ3v) is 6.25. The number of rotatable bonds is 6. The van der Waals surface area contributed by atoms with E-state index in [1.807, 2.05) is 13.0 Å². The molecular formula is C17H28N2O2S. The molecule has 0 radical (unpaired) electrons. The molecule has 1 aromatic rings. The van der Waals surface area contributed by atoms with Gasteiger partial charge in [-0.3, -0.25) is 0 Å². The fraction of sp³-hybridized carbons (Fsp3) is 0.647. The third-order valence-electron chi connectivity index (χ3n) is 4.32. The Balaban J connectivity index is 1.80. The number of hydrogen-bond donors (Lipinski definition) is 2. The Morgan fingerprint density at radius 2 is 2.00 bits per heavy atom. The lowest BCUT2D eigenvalue weighted by Crippen LogP contribution is -2.49. The van der Waals surface area contributed by atoms with E-state index in [0.29, 0.717) is 16.4 Å². The Morgan fingerprint density at radius 3 is 2.59 bits per heavy atom. The van der Waals surface area contributed by atoms with Gasteiger partial charge in [0.1, 0.15) is 0 Å². The summed E-state index contributed by atoms with van der Waals surface area (Å²) in [6.07, 6.45) is 2.35. The van der Waals surface area contributed by atoms with Crippen LogP contribution in [-0.2, 0) is 9.84 Å². The van der Waals surface area contributed by atoms with Crippen LogP contribution in [0.15, 0.2) is 35.2 Å². The van der Waals surface area contributed by atoms with Gasteiger partial charge in [-0.2, -0.15) is 0 Å². The quantitative estimate of drug-likeness (QED) is 0.842. The zero-order valence-electron chi connectivity index (χ0n) is 13.8. The fourth-order valence-corrected chi connectivity index (χ4v) is 4.35. The summed E-state index contributed by atoms with van der Waals surface area (Å²) in [5, 5.41) is 6.91. The molecule has 1 aromatic carbocycles. The van der Waals surface area contributed by atoms with Crippen LogP contribution in [0.2, 0.25) is 0 Å². The average molecular weight is 324 g/mol. The van der Waals surface area contributed by atoms with Gasteiger partial charge >= 0.3 is 0 Å². The van der Waals surface area contributed by atoms with Gasteiger partial charge in [0.15, 0.2) is 9.84 Å². The highest BCUT2D eigenvalue weighted by molar-refractivity contribution is 7.91. The first-order valence-corrected chi connectivity index (χ1v) is 9.68. The summed E-state index contributed by atoms with van der Waals surface area (Å²) in [6, 6.07) is 9.06. The molecule has 2 unspecified atom stereocenters. The molecule has 1 aliphatic heterocycles. The maximum Gasteiger partial charge on any atom is 0.179 e. The lowest BCUT2D eigenvalue weighted by atomic mass is 9.82. The van der Waals surface area contributed by atoms with Gasteiger partial charge in [0.25, 0.3) is 0 Å². The van der Waals surface area contributed by atoms with Gasteiger partial charge in [-0.15, -0.1) is 0 Å². The van der Waals surface area contributed by atoms with Crippen molar-refractivity contribution in [2.24, 2.45) is 5.41 Å². The smallest absolute Gasteiger partial charge is 0.179 e. The van der Waals surface area contributed by atoms with Crippen molar-refractivity contribution in [2.75, 3.05) is 18.8 Å². The summed E-state index contributed by atoms with van der Waals surface area (Å²) in [6.45, 7) is 8.34. The van der Waals surface area contributed by atoms with E-state index in [1.165, 1.54) is 6.42 Å². The van der Waals surface area contributed by atoms with E-state index in [9.17, 15) is 8.42 Å². The van der Waals surface area contributed by atoms with Crippen LogP contribution in [-0.4, -0.2) is 39.3 Å². The molecular weight excluding hydrogens is 296 g/mol. The molecule has 0 aliphatic carbocycles. The summed E-state index contributed by atoms with van der Waals surface area (Å²) in [7, 11) is -3.21. The second-order valence-corrected chi connectivity index (χ2v) is 9.22. The Bertz CT molecular complexity index is 560.